The summed E-state index contributed by atoms with van der Waals surface area (Å²) in [6.45, 7) is 4.80. The molecule has 2 aromatic carbocycles. The fraction of sp³-hybridized carbons (Fsp3) is 0.348. The number of ether oxygens (including phenoxy) is 2. The van der Waals surface area contributed by atoms with Crippen LogP contribution in [-0.2, 0) is 4.74 Å². The minimum absolute atomic E-state index is 0.158. The third-order valence-corrected chi connectivity index (χ3v) is 5.05. The lowest BCUT2D eigenvalue weighted by Gasteiger charge is -2.37. The molecule has 1 heterocycles. The summed E-state index contributed by atoms with van der Waals surface area (Å²) in [5.74, 6) is 7.44. The van der Waals surface area contributed by atoms with Crippen molar-refractivity contribution < 1.29 is 14.3 Å². The Morgan fingerprint density at radius 3 is 2.59 bits per heavy atom. The molecule has 1 unspecified atom stereocenters. The Kier molecular flexibility index (Phi) is 7.40. The molecule has 0 spiro atoms. The number of benzene rings is 2. The molecule has 29 heavy (non-hydrogen) atoms. The summed E-state index contributed by atoms with van der Waals surface area (Å²) >= 11 is 6.10. The predicted molar refractivity (Wildman–Crippen MR) is 114 cm³/mol. The Morgan fingerprint density at radius 1 is 1.14 bits per heavy atom. The SMILES string of the molecule is CCOC(=O)N1CCN(C(C#Cc2cccc(Cl)c2)c2ccccc2OC)CC1. The quantitative estimate of drug-likeness (QED) is 0.705. The summed E-state index contributed by atoms with van der Waals surface area (Å²) in [7, 11) is 1.67. The van der Waals surface area contributed by atoms with E-state index in [1.807, 2.05) is 55.5 Å². The van der Waals surface area contributed by atoms with Crippen molar-refractivity contribution >= 4 is 17.7 Å². The van der Waals surface area contributed by atoms with Gasteiger partial charge in [-0.3, -0.25) is 4.90 Å². The van der Waals surface area contributed by atoms with Crippen molar-refractivity contribution in [1.29, 1.82) is 0 Å². The Morgan fingerprint density at radius 2 is 1.90 bits per heavy atom. The highest BCUT2D eigenvalue weighted by Gasteiger charge is 2.28. The van der Waals surface area contributed by atoms with E-state index >= 15 is 0 Å². The third-order valence-electron chi connectivity index (χ3n) is 4.82. The summed E-state index contributed by atoms with van der Waals surface area (Å²) < 4.78 is 10.7. The molecule has 5 nitrogen and oxygen atoms in total. The summed E-state index contributed by atoms with van der Waals surface area (Å²) in [4.78, 5) is 16.0. The van der Waals surface area contributed by atoms with Gasteiger partial charge in [-0.2, -0.15) is 0 Å². The van der Waals surface area contributed by atoms with Crippen molar-refractivity contribution in [1.82, 2.24) is 9.80 Å². The second kappa shape index (κ2) is 10.2. The molecular weight excluding hydrogens is 388 g/mol. The standard InChI is InChI=1S/C23H25ClN2O3/c1-3-29-23(27)26-15-13-25(14-16-26)21(20-9-4-5-10-22(20)28-2)12-11-18-7-6-8-19(24)17-18/h4-10,17,21H,3,13-16H2,1-2H3. The van der Waals surface area contributed by atoms with Gasteiger partial charge in [0.15, 0.2) is 0 Å². The van der Waals surface area contributed by atoms with Crippen molar-refractivity contribution in [2.24, 2.45) is 0 Å². The Hall–Kier alpha value is -2.68. The van der Waals surface area contributed by atoms with E-state index < -0.39 is 0 Å². The van der Waals surface area contributed by atoms with Gasteiger partial charge in [0.2, 0.25) is 0 Å². The number of carbonyl (C=O) groups excluding carboxylic acids is 1. The summed E-state index contributed by atoms with van der Waals surface area (Å²) in [5, 5.41) is 0.661. The minimum atomic E-state index is -0.258. The van der Waals surface area contributed by atoms with Gasteiger partial charge in [-0.25, -0.2) is 4.79 Å². The van der Waals surface area contributed by atoms with E-state index in [0.29, 0.717) is 37.8 Å². The maximum Gasteiger partial charge on any atom is 0.409 e. The highest BCUT2D eigenvalue weighted by atomic mass is 35.5. The van der Waals surface area contributed by atoms with Crippen LogP contribution in [0.4, 0.5) is 4.79 Å². The molecule has 0 radical (unpaired) electrons. The molecule has 1 fully saturated rings. The van der Waals surface area contributed by atoms with Crippen LogP contribution in [0.1, 0.15) is 24.1 Å². The first kappa shape index (κ1) is 21.0. The number of hydrogen-bond donors (Lipinski definition) is 0. The first-order chi connectivity index (χ1) is 14.1. The lowest BCUT2D eigenvalue weighted by molar-refractivity contribution is 0.0732. The molecule has 0 aromatic heterocycles. The largest absolute Gasteiger partial charge is 0.496 e. The maximum atomic E-state index is 12.0. The highest BCUT2D eigenvalue weighted by molar-refractivity contribution is 6.30. The van der Waals surface area contributed by atoms with Gasteiger partial charge in [0.05, 0.1) is 13.7 Å². The number of piperazine rings is 1. The lowest BCUT2D eigenvalue weighted by atomic mass is 10.0. The van der Waals surface area contributed by atoms with Crippen LogP contribution in [0.15, 0.2) is 48.5 Å². The third kappa shape index (κ3) is 5.44. The molecule has 1 amide bonds. The van der Waals surface area contributed by atoms with Crippen molar-refractivity contribution in [2.75, 3.05) is 39.9 Å². The van der Waals surface area contributed by atoms with Gasteiger partial charge in [-0.1, -0.05) is 47.7 Å². The van der Waals surface area contributed by atoms with Crippen LogP contribution in [0.2, 0.25) is 5.02 Å². The number of hydrogen-bond acceptors (Lipinski definition) is 4. The summed E-state index contributed by atoms with van der Waals surface area (Å²) in [6, 6.07) is 15.3. The van der Waals surface area contributed by atoms with Crippen LogP contribution < -0.4 is 4.74 Å². The maximum absolute atomic E-state index is 12.0. The average Bonchev–Trinajstić information content (AvgIpc) is 2.75. The summed E-state index contributed by atoms with van der Waals surface area (Å²) in [6.07, 6.45) is -0.258. The van der Waals surface area contributed by atoms with Gasteiger partial charge in [-0.05, 0) is 31.2 Å². The number of amides is 1. The molecule has 0 N–H and O–H groups in total. The first-order valence-corrected chi connectivity index (χ1v) is 10.1. The molecule has 6 heteroatoms. The van der Waals surface area contributed by atoms with Gasteiger partial charge >= 0.3 is 6.09 Å². The van der Waals surface area contributed by atoms with Gasteiger partial charge in [0.1, 0.15) is 11.8 Å². The fourth-order valence-electron chi connectivity index (χ4n) is 3.35. The molecule has 1 atom stereocenters. The summed E-state index contributed by atoms with van der Waals surface area (Å²) in [5.41, 5.74) is 1.87. The van der Waals surface area contributed by atoms with Crippen LogP contribution >= 0.6 is 11.6 Å². The van der Waals surface area contributed by atoms with Crippen LogP contribution in [0.3, 0.4) is 0 Å². The van der Waals surface area contributed by atoms with E-state index in [1.165, 1.54) is 0 Å². The van der Waals surface area contributed by atoms with Gasteiger partial charge in [0, 0.05) is 42.3 Å². The number of methoxy groups -OCH3 is 1. The van der Waals surface area contributed by atoms with Crippen molar-refractivity contribution in [3.8, 4) is 17.6 Å². The zero-order valence-electron chi connectivity index (χ0n) is 16.7. The number of halogens is 1. The Labute approximate surface area is 177 Å². The second-order valence-electron chi connectivity index (χ2n) is 6.65. The zero-order chi connectivity index (χ0) is 20.6. The van der Waals surface area contributed by atoms with E-state index in [2.05, 4.69) is 16.7 Å². The molecular formula is C23H25ClN2O3. The predicted octanol–water partition coefficient (Wildman–Crippen LogP) is 4.22. The van der Waals surface area contributed by atoms with E-state index in [1.54, 1.807) is 12.0 Å². The lowest BCUT2D eigenvalue weighted by Crippen LogP contribution is -2.49. The molecule has 1 saturated heterocycles. The fourth-order valence-corrected chi connectivity index (χ4v) is 3.54. The van der Waals surface area contributed by atoms with Crippen LogP contribution in [0, 0.1) is 11.8 Å². The number of rotatable bonds is 4. The topological polar surface area (TPSA) is 42.0 Å². The molecule has 1 aliphatic rings. The Balaban J connectivity index is 1.86. The van der Waals surface area contributed by atoms with Gasteiger partial charge in [0.25, 0.3) is 0 Å². The molecule has 0 bridgehead atoms. The van der Waals surface area contributed by atoms with Gasteiger partial charge < -0.3 is 14.4 Å². The molecule has 1 aliphatic heterocycles. The molecule has 3 rings (SSSR count). The Bertz CT molecular complexity index is 898. The van der Waals surface area contributed by atoms with Crippen molar-refractivity contribution in [3.63, 3.8) is 0 Å². The van der Waals surface area contributed by atoms with Crippen molar-refractivity contribution in [2.45, 2.75) is 13.0 Å². The van der Waals surface area contributed by atoms with Crippen molar-refractivity contribution in [3.05, 3.63) is 64.7 Å². The number of para-hydroxylation sites is 1. The van der Waals surface area contributed by atoms with E-state index in [9.17, 15) is 4.79 Å². The normalized spacial score (nSPS) is 15.2. The average molecular weight is 413 g/mol. The highest BCUT2D eigenvalue weighted by Crippen LogP contribution is 2.30. The number of carbonyl (C=O) groups is 1. The molecule has 152 valence electrons. The van der Waals surface area contributed by atoms with Gasteiger partial charge in [-0.15, -0.1) is 0 Å². The number of nitrogens with zero attached hydrogens (tertiary/aromatic N) is 2. The van der Waals surface area contributed by atoms with E-state index in [4.69, 9.17) is 21.1 Å². The van der Waals surface area contributed by atoms with Crippen LogP contribution in [-0.4, -0.2) is 55.8 Å². The van der Waals surface area contributed by atoms with E-state index in [-0.39, 0.29) is 12.1 Å². The monoisotopic (exact) mass is 412 g/mol. The van der Waals surface area contributed by atoms with E-state index in [0.717, 1.165) is 16.9 Å². The molecule has 0 aliphatic carbocycles. The zero-order valence-corrected chi connectivity index (χ0v) is 17.5. The van der Waals surface area contributed by atoms with Crippen LogP contribution in [0.25, 0.3) is 0 Å². The second-order valence-corrected chi connectivity index (χ2v) is 7.08. The smallest absolute Gasteiger partial charge is 0.409 e. The molecule has 0 saturated carbocycles. The minimum Gasteiger partial charge on any atom is -0.496 e. The van der Waals surface area contributed by atoms with Crippen LogP contribution in [0.5, 0.6) is 5.75 Å². The first-order valence-electron chi connectivity index (χ1n) is 9.68. The molecule has 2 aromatic rings.